The van der Waals surface area contributed by atoms with Crippen molar-refractivity contribution in [3.8, 4) is 11.5 Å². The highest BCUT2D eigenvalue weighted by atomic mass is 16.5. The van der Waals surface area contributed by atoms with E-state index in [0.29, 0.717) is 19.1 Å². The Morgan fingerprint density at radius 2 is 1.64 bits per heavy atom. The number of ether oxygens (including phenoxy) is 2. The molecule has 0 heterocycles. The van der Waals surface area contributed by atoms with E-state index in [4.69, 9.17) is 15.2 Å². The van der Waals surface area contributed by atoms with Gasteiger partial charge < -0.3 is 15.2 Å². The predicted octanol–water partition coefficient (Wildman–Crippen LogP) is 4.55. The van der Waals surface area contributed by atoms with Crippen molar-refractivity contribution in [2.24, 2.45) is 0 Å². The molecule has 2 aromatic rings. The molecule has 3 heteroatoms. The van der Waals surface area contributed by atoms with E-state index < -0.39 is 0 Å². The van der Waals surface area contributed by atoms with Gasteiger partial charge in [0.25, 0.3) is 0 Å². The summed E-state index contributed by atoms with van der Waals surface area (Å²) in [6, 6.07) is 13.8. The number of rotatable bonds is 7. The van der Waals surface area contributed by atoms with E-state index in [2.05, 4.69) is 39.0 Å². The summed E-state index contributed by atoms with van der Waals surface area (Å²) in [5, 5.41) is 0. The van der Waals surface area contributed by atoms with Gasteiger partial charge in [-0.15, -0.1) is 0 Å². The Kier molecular flexibility index (Phi) is 5.70. The van der Waals surface area contributed by atoms with Crippen LogP contribution in [0.1, 0.15) is 37.3 Å². The average molecular weight is 299 g/mol. The van der Waals surface area contributed by atoms with Gasteiger partial charge in [0.1, 0.15) is 11.5 Å². The predicted molar refractivity (Wildman–Crippen MR) is 91.7 cm³/mol. The molecule has 22 heavy (non-hydrogen) atoms. The van der Waals surface area contributed by atoms with E-state index in [1.807, 2.05) is 24.3 Å². The van der Waals surface area contributed by atoms with Gasteiger partial charge in [-0.2, -0.15) is 0 Å². The van der Waals surface area contributed by atoms with Crippen molar-refractivity contribution in [1.29, 1.82) is 0 Å². The number of nitrogen functional groups attached to an aromatic ring is 1. The van der Waals surface area contributed by atoms with E-state index >= 15 is 0 Å². The maximum Gasteiger partial charge on any atom is 0.123 e. The molecule has 0 aromatic heterocycles. The van der Waals surface area contributed by atoms with Crippen LogP contribution in [0.2, 0.25) is 0 Å². The average Bonchev–Trinajstić information content (AvgIpc) is 2.48. The highest BCUT2D eigenvalue weighted by molar-refractivity contribution is 5.41. The van der Waals surface area contributed by atoms with E-state index in [-0.39, 0.29) is 0 Å². The molecule has 0 saturated heterocycles. The quantitative estimate of drug-likeness (QED) is 0.602. The Morgan fingerprint density at radius 3 is 2.32 bits per heavy atom. The number of aryl methyl sites for hydroxylation is 1. The van der Waals surface area contributed by atoms with Crippen LogP contribution in [-0.2, 0) is 0 Å². The SMILES string of the molecule is Cc1ccc(C(C)C)c(OCCCOc2ccc(N)cc2)c1. The van der Waals surface area contributed by atoms with Crippen LogP contribution >= 0.6 is 0 Å². The van der Waals surface area contributed by atoms with Crippen LogP contribution in [-0.4, -0.2) is 13.2 Å². The molecule has 0 radical (unpaired) electrons. The Hall–Kier alpha value is -2.16. The summed E-state index contributed by atoms with van der Waals surface area (Å²) in [4.78, 5) is 0. The highest BCUT2D eigenvalue weighted by Gasteiger charge is 2.07. The second-order valence-electron chi connectivity index (χ2n) is 5.82. The first-order valence-corrected chi connectivity index (χ1v) is 7.78. The van der Waals surface area contributed by atoms with Crippen LogP contribution in [0.5, 0.6) is 11.5 Å². The Balaban J connectivity index is 1.79. The minimum atomic E-state index is 0.460. The molecule has 0 unspecified atom stereocenters. The summed E-state index contributed by atoms with van der Waals surface area (Å²) in [5.74, 6) is 2.29. The zero-order valence-electron chi connectivity index (χ0n) is 13.6. The number of hydrogen-bond donors (Lipinski definition) is 1. The molecule has 0 atom stereocenters. The maximum atomic E-state index is 5.94. The number of hydrogen-bond acceptors (Lipinski definition) is 3. The first-order chi connectivity index (χ1) is 10.6. The molecule has 2 N–H and O–H groups in total. The summed E-state index contributed by atoms with van der Waals surface area (Å²) in [7, 11) is 0. The largest absolute Gasteiger partial charge is 0.493 e. The lowest BCUT2D eigenvalue weighted by molar-refractivity contribution is 0.246. The molecule has 3 nitrogen and oxygen atoms in total. The van der Waals surface area contributed by atoms with Gasteiger partial charge in [-0.05, 0) is 54.3 Å². The molecule has 0 aliphatic carbocycles. The van der Waals surface area contributed by atoms with E-state index in [1.54, 1.807) is 0 Å². The minimum absolute atomic E-state index is 0.460. The standard InChI is InChI=1S/C19H25NO2/c1-14(2)18-10-5-15(3)13-19(18)22-12-4-11-21-17-8-6-16(20)7-9-17/h5-10,13-14H,4,11-12,20H2,1-3H3. The summed E-state index contributed by atoms with van der Waals surface area (Å²) in [6.07, 6.45) is 0.843. The van der Waals surface area contributed by atoms with Crippen molar-refractivity contribution in [1.82, 2.24) is 0 Å². The van der Waals surface area contributed by atoms with Crippen molar-refractivity contribution in [2.45, 2.75) is 33.1 Å². The van der Waals surface area contributed by atoms with Crippen LogP contribution in [0.3, 0.4) is 0 Å². The van der Waals surface area contributed by atoms with Crippen molar-refractivity contribution < 1.29 is 9.47 Å². The third kappa shape index (κ3) is 4.69. The molecule has 0 saturated carbocycles. The molecule has 0 bridgehead atoms. The molecule has 0 aliphatic heterocycles. The molecule has 0 fully saturated rings. The van der Waals surface area contributed by atoms with Crippen molar-refractivity contribution in [3.63, 3.8) is 0 Å². The van der Waals surface area contributed by atoms with Gasteiger partial charge in [0.15, 0.2) is 0 Å². The Morgan fingerprint density at radius 1 is 0.955 bits per heavy atom. The first kappa shape index (κ1) is 16.2. The lowest BCUT2D eigenvalue weighted by Gasteiger charge is -2.15. The van der Waals surface area contributed by atoms with E-state index in [9.17, 15) is 0 Å². The van der Waals surface area contributed by atoms with E-state index in [1.165, 1.54) is 11.1 Å². The lowest BCUT2D eigenvalue weighted by atomic mass is 10.0. The van der Waals surface area contributed by atoms with Crippen LogP contribution in [0.4, 0.5) is 5.69 Å². The fraction of sp³-hybridized carbons (Fsp3) is 0.368. The van der Waals surface area contributed by atoms with Crippen molar-refractivity contribution in [3.05, 3.63) is 53.6 Å². The second kappa shape index (κ2) is 7.74. The number of anilines is 1. The smallest absolute Gasteiger partial charge is 0.123 e. The second-order valence-corrected chi connectivity index (χ2v) is 5.82. The molecule has 0 spiro atoms. The molecule has 0 amide bonds. The van der Waals surface area contributed by atoms with Crippen molar-refractivity contribution in [2.75, 3.05) is 18.9 Å². The lowest BCUT2D eigenvalue weighted by Crippen LogP contribution is -2.06. The molecular weight excluding hydrogens is 274 g/mol. The summed E-state index contributed by atoms with van der Waals surface area (Å²) < 4.78 is 11.6. The molecule has 118 valence electrons. The van der Waals surface area contributed by atoms with Gasteiger partial charge in [0, 0.05) is 12.1 Å². The third-order valence-electron chi connectivity index (χ3n) is 3.49. The monoisotopic (exact) mass is 299 g/mol. The number of benzene rings is 2. The topological polar surface area (TPSA) is 44.5 Å². The van der Waals surface area contributed by atoms with Gasteiger partial charge in [0.2, 0.25) is 0 Å². The van der Waals surface area contributed by atoms with Gasteiger partial charge >= 0.3 is 0 Å². The molecule has 0 aliphatic rings. The zero-order chi connectivity index (χ0) is 15.9. The van der Waals surface area contributed by atoms with Crippen LogP contribution in [0.25, 0.3) is 0 Å². The minimum Gasteiger partial charge on any atom is -0.493 e. The summed E-state index contributed by atoms with van der Waals surface area (Å²) >= 11 is 0. The fourth-order valence-corrected chi connectivity index (χ4v) is 2.24. The third-order valence-corrected chi connectivity index (χ3v) is 3.49. The number of nitrogens with two attached hydrogens (primary N) is 1. The van der Waals surface area contributed by atoms with Gasteiger partial charge in [-0.1, -0.05) is 26.0 Å². The Labute approximate surface area is 133 Å². The Bertz CT molecular complexity index is 591. The van der Waals surface area contributed by atoms with Gasteiger partial charge in [-0.25, -0.2) is 0 Å². The van der Waals surface area contributed by atoms with Gasteiger partial charge in [-0.3, -0.25) is 0 Å². The fourth-order valence-electron chi connectivity index (χ4n) is 2.24. The highest BCUT2D eigenvalue weighted by Crippen LogP contribution is 2.27. The van der Waals surface area contributed by atoms with Crippen LogP contribution in [0, 0.1) is 6.92 Å². The molecular formula is C19H25NO2. The molecule has 2 aromatic carbocycles. The van der Waals surface area contributed by atoms with Crippen LogP contribution < -0.4 is 15.2 Å². The summed E-state index contributed by atoms with van der Waals surface area (Å²) in [6.45, 7) is 7.73. The summed E-state index contributed by atoms with van der Waals surface area (Å²) in [5.41, 5.74) is 8.86. The maximum absolute atomic E-state index is 5.94. The van der Waals surface area contributed by atoms with Gasteiger partial charge in [0.05, 0.1) is 13.2 Å². The normalized spacial score (nSPS) is 10.7. The van der Waals surface area contributed by atoms with E-state index in [0.717, 1.165) is 23.6 Å². The van der Waals surface area contributed by atoms with Crippen molar-refractivity contribution >= 4 is 5.69 Å². The molecule has 2 rings (SSSR count). The first-order valence-electron chi connectivity index (χ1n) is 7.78. The van der Waals surface area contributed by atoms with Crippen LogP contribution in [0.15, 0.2) is 42.5 Å². The zero-order valence-corrected chi connectivity index (χ0v) is 13.6.